The lowest BCUT2D eigenvalue weighted by Crippen LogP contribution is -2.38. The van der Waals surface area contributed by atoms with Gasteiger partial charge < -0.3 is 39.6 Å². The fraction of sp³-hybridized carbons (Fsp3) is 0.435. The molecular weight excluding hydrogens is 418 g/mol. The lowest BCUT2D eigenvalue weighted by atomic mass is 9.64. The van der Waals surface area contributed by atoms with Crippen LogP contribution in [0, 0.1) is 11.8 Å². The number of hydrogen-bond donors (Lipinski definition) is 3. The van der Waals surface area contributed by atoms with Crippen molar-refractivity contribution in [2.24, 2.45) is 17.6 Å². The number of nitrogens with two attached hydrogens (primary N) is 1. The highest BCUT2D eigenvalue weighted by Gasteiger charge is 2.44. The second kappa shape index (κ2) is 8.76. The Morgan fingerprint density at radius 3 is 2.09 bits per heavy atom. The molecule has 0 saturated heterocycles. The number of primary amides is 1. The van der Waals surface area contributed by atoms with Crippen LogP contribution in [-0.4, -0.2) is 50.8 Å². The zero-order chi connectivity index (χ0) is 23.0. The van der Waals surface area contributed by atoms with Gasteiger partial charge in [0.25, 0.3) is 0 Å². The van der Waals surface area contributed by atoms with E-state index in [1.807, 2.05) is 6.07 Å². The molecule has 2 aromatic rings. The average Bonchev–Trinajstić information content (AvgIpc) is 3.24. The summed E-state index contributed by atoms with van der Waals surface area (Å²) < 4.78 is 27.5. The topological polar surface area (TPSA) is 130 Å². The van der Waals surface area contributed by atoms with Crippen LogP contribution in [0.2, 0.25) is 0 Å². The van der Waals surface area contributed by atoms with Crippen LogP contribution in [0.1, 0.15) is 35.1 Å². The highest BCUT2D eigenvalue weighted by Crippen LogP contribution is 2.54. The first-order valence-corrected chi connectivity index (χ1v) is 10.2. The summed E-state index contributed by atoms with van der Waals surface area (Å²) in [4.78, 5) is 12.0. The van der Waals surface area contributed by atoms with Crippen LogP contribution < -0.4 is 29.4 Å². The minimum atomic E-state index is -1.01. The Balaban J connectivity index is 1.97. The van der Waals surface area contributed by atoms with Crippen molar-refractivity contribution in [3.8, 4) is 28.7 Å². The minimum absolute atomic E-state index is 0.0303. The van der Waals surface area contributed by atoms with Gasteiger partial charge in [-0.3, -0.25) is 4.79 Å². The smallest absolute Gasteiger partial charge is 0.231 e. The van der Waals surface area contributed by atoms with Crippen LogP contribution in [0.15, 0.2) is 24.3 Å². The van der Waals surface area contributed by atoms with Gasteiger partial charge in [-0.1, -0.05) is 0 Å². The summed E-state index contributed by atoms with van der Waals surface area (Å²) in [5.74, 6) is 0.365. The lowest BCUT2D eigenvalue weighted by molar-refractivity contribution is -0.120. The molecule has 1 amide bonds. The van der Waals surface area contributed by atoms with Crippen LogP contribution in [0.25, 0.3) is 0 Å². The number of aliphatic hydroxyl groups is 2. The highest BCUT2D eigenvalue weighted by atomic mass is 16.7. The third-order valence-corrected chi connectivity index (χ3v) is 6.31. The molecule has 9 heteroatoms. The van der Waals surface area contributed by atoms with Crippen LogP contribution in [-0.2, 0) is 4.79 Å². The molecule has 1 heterocycles. The summed E-state index contributed by atoms with van der Waals surface area (Å²) in [6.07, 6.45) is -1.04. The van der Waals surface area contributed by atoms with Gasteiger partial charge in [0.05, 0.1) is 27.4 Å². The van der Waals surface area contributed by atoms with Gasteiger partial charge in [0.15, 0.2) is 23.0 Å². The van der Waals surface area contributed by atoms with Crippen LogP contribution in [0.5, 0.6) is 28.7 Å². The first-order chi connectivity index (χ1) is 15.4. The van der Waals surface area contributed by atoms with E-state index in [1.165, 1.54) is 21.3 Å². The molecular formula is C23H27NO8. The SMILES string of the molecule is COc1cc([C@@H]2c3cc4c(cc3[C@@H](O)[C@@H](CO)[C@@H]2CC(N)=O)OCO4)cc(OC)c1OC. The zero-order valence-corrected chi connectivity index (χ0v) is 18.2. The van der Waals surface area contributed by atoms with Crippen molar-refractivity contribution in [3.63, 3.8) is 0 Å². The second-order valence-electron chi connectivity index (χ2n) is 7.90. The number of methoxy groups -OCH3 is 3. The van der Waals surface area contributed by atoms with Crippen molar-refractivity contribution in [2.45, 2.75) is 18.4 Å². The molecule has 0 fully saturated rings. The van der Waals surface area contributed by atoms with Crippen molar-refractivity contribution in [2.75, 3.05) is 34.7 Å². The van der Waals surface area contributed by atoms with Gasteiger partial charge in [0.1, 0.15) is 0 Å². The Morgan fingerprint density at radius 2 is 1.59 bits per heavy atom. The van der Waals surface area contributed by atoms with Gasteiger partial charge in [-0.25, -0.2) is 0 Å². The van der Waals surface area contributed by atoms with Crippen LogP contribution in [0.4, 0.5) is 0 Å². The van der Waals surface area contributed by atoms with E-state index in [2.05, 4.69) is 0 Å². The third-order valence-electron chi connectivity index (χ3n) is 6.31. The Labute approximate surface area is 185 Å². The summed E-state index contributed by atoms with van der Waals surface area (Å²) in [5, 5.41) is 21.3. The Morgan fingerprint density at radius 1 is 1.00 bits per heavy atom. The first kappa shape index (κ1) is 22.0. The van der Waals surface area contributed by atoms with E-state index >= 15 is 0 Å². The highest BCUT2D eigenvalue weighted by molar-refractivity contribution is 5.74. The quantitative estimate of drug-likeness (QED) is 0.587. The fourth-order valence-corrected chi connectivity index (χ4v) is 4.89. The normalized spacial score (nSPS) is 23.4. The van der Waals surface area contributed by atoms with Gasteiger partial charge in [0.2, 0.25) is 18.4 Å². The zero-order valence-electron chi connectivity index (χ0n) is 18.2. The minimum Gasteiger partial charge on any atom is -0.493 e. The first-order valence-electron chi connectivity index (χ1n) is 10.2. The summed E-state index contributed by atoms with van der Waals surface area (Å²) >= 11 is 0. The molecule has 1 aliphatic heterocycles. The third kappa shape index (κ3) is 3.57. The molecule has 2 aromatic carbocycles. The van der Waals surface area contributed by atoms with Crippen molar-refractivity contribution in [1.82, 2.24) is 0 Å². The number of fused-ring (bicyclic) bond motifs is 2. The molecule has 0 bridgehead atoms. The van der Waals surface area contributed by atoms with Gasteiger partial charge in [-0.2, -0.15) is 0 Å². The Kier molecular flexibility index (Phi) is 6.03. The van der Waals surface area contributed by atoms with Crippen molar-refractivity contribution in [3.05, 3.63) is 41.0 Å². The summed E-state index contributed by atoms with van der Waals surface area (Å²) in [6, 6.07) is 7.16. The van der Waals surface area contributed by atoms with E-state index in [0.717, 1.165) is 11.1 Å². The monoisotopic (exact) mass is 445 g/mol. The predicted octanol–water partition coefficient (Wildman–Crippen LogP) is 1.72. The van der Waals surface area contributed by atoms with Crippen LogP contribution in [0.3, 0.4) is 0 Å². The molecule has 4 atom stereocenters. The lowest BCUT2D eigenvalue weighted by Gasteiger charge is -2.42. The van der Waals surface area contributed by atoms with E-state index in [9.17, 15) is 15.0 Å². The summed E-state index contributed by atoms with van der Waals surface area (Å²) in [6.45, 7) is -0.245. The Hall–Kier alpha value is -3.17. The average molecular weight is 445 g/mol. The molecule has 0 aromatic heterocycles. The number of benzene rings is 2. The van der Waals surface area contributed by atoms with E-state index in [0.29, 0.717) is 34.3 Å². The van der Waals surface area contributed by atoms with E-state index in [-0.39, 0.29) is 19.8 Å². The predicted molar refractivity (Wildman–Crippen MR) is 113 cm³/mol. The molecule has 0 unspecified atom stereocenters. The molecule has 0 spiro atoms. The maximum Gasteiger partial charge on any atom is 0.231 e. The van der Waals surface area contributed by atoms with E-state index < -0.39 is 29.8 Å². The van der Waals surface area contributed by atoms with Gasteiger partial charge in [0, 0.05) is 24.9 Å². The maximum absolute atomic E-state index is 12.0. The van der Waals surface area contributed by atoms with Crippen molar-refractivity contribution in [1.29, 1.82) is 0 Å². The van der Waals surface area contributed by atoms with E-state index in [4.69, 9.17) is 29.4 Å². The largest absolute Gasteiger partial charge is 0.493 e. The summed E-state index contributed by atoms with van der Waals surface area (Å²) in [5.41, 5.74) is 7.70. The van der Waals surface area contributed by atoms with Gasteiger partial charge >= 0.3 is 0 Å². The summed E-state index contributed by atoms with van der Waals surface area (Å²) in [7, 11) is 4.56. The molecule has 1 aliphatic carbocycles. The molecule has 9 nitrogen and oxygen atoms in total. The Bertz CT molecular complexity index is 998. The number of carbonyl (C=O) groups excluding carboxylic acids is 1. The number of amides is 1. The molecule has 0 saturated carbocycles. The maximum atomic E-state index is 12.0. The molecule has 4 N–H and O–H groups in total. The van der Waals surface area contributed by atoms with Gasteiger partial charge in [-0.15, -0.1) is 0 Å². The number of rotatable bonds is 7. The standard InChI is InChI=1S/C23H27NO8/c1-28-18-4-11(5-19(29-2)23(18)30-3)21-12-6-16-17(32-10-31-16)7-14(12)22(27)15(9-25)13(21)8-20(24)26/h4-7,13,15,21-22,25,27H,8-10H2,1-3H3,(H2,24,26)/t13-,15-,21+,22+/m0/s1. The molecule has 0 radical (unpaired) electrons. The number of carbonyl (C=O) groups is 1. The number of hydrogen-bond acceptors (Lipinski definition) is 8. The van der Waals surface area contributed by atoms with Crippen molar-refractivity contribution >= 4 is 5.91 Å². The molecule has 4 rings (SSSR count). The molecule has 2 aliphatic rings. The fourth-order valence-electron chi connectivity index (χ4n) is 4.89. The number of ether oxygens (including phenoxy) is 5. The molecule has 172 valence electrons. The van der Waals surface area contributed by atoms with Gasteiger partial charge in [-0.05, 0) is 46.9 Å². The molecule has 32 heavy (non-hydrogen) atoms. The second-order valence-corrected chi connectivity index (χ2v) is 7.90. The van der Waals surface area contributed by atoms with E-state index in [1.54, 1.807) is 18.2 Å². The number of aliphatic hydroxyl groups excluding tert-OH is 2. The van der Waals surface area contributed by atoms with Crippen molar-refractivity contribution < 1.29 is 38.7 Å². The van der Waals surface area contributed by atoms with Crippen LogP contribution >= 0.6 is 0 Å².